The van der Waals surface area contributed by atoms with Gasteiger partial charge in [-0.3, -0.25) is 4.79 Å². The summed E-state index contributed by atoms with van der Waals surface area (Å²) in [6.07, 6.45) is 0.899. The normalized spacial score (nSPS) is 16.8. The predicted octanol–water partition coefficient (Wildman–Crippen LogP) is 1.33. The van der Waals surface area contributed by atoms with Gasteiger partial charge in [0.15, 0.2) is 6.61 Å². The number of hydrogen-bond acceptors (Lipinski definition) is 4. The zero-order valence-corrected chi connectivity index (χ0v) is 11.9. The highest BCUT2D eigenvalue weighted by Crippen LogP contribution is 2.18. The van der Waals surface area contributed by atoms with Crippen molar-refractivity contribution in [1.29, 1.82) is 0 Å². The Hall–Kier alpha value is -1.59. The third-order valence-electron chi connectivity index (χ3n) is 3.47. The Morgan fingerprint density at radius 2 is 2.00 bits per heavy atom. The van der Waals surface area contributed by atoms with Gasteiger partial charge in [-0.25, -0.2) is 0 Å². The highest BCUT2D eigenvalue weighted by atomic mass is 16.5. The van der Waals surface area contributed by atoms with E-state index >= 15 is 0 Å². The fourth-order valence-electron chi connectivity index (χ4n) is 2.10. The van der Waals surface area contributed by atoms with E-state index in [0.717, 1.165) is 12.0 Å². The molecular weight excluding hydrogens is 256 g/mol. The Morgan fingerprint density at radius 1 is 1.35 bits per heavy atom. The third-order valence-corrected chi connectivity index (χ3v) is 3.47. The van der Waals surface area contributed by atoms with Crippen molar-refractivity contribution in [2.24, 2.45) is 5.73 Å². The molecule has 0 radical (unpaired) electrons. The lowest BCUT2D eigenvalue weighted by atomic mass is 10.1. The van der Waals surface area contributed by atoms with Gasteiger partial charge >= 0.3 is 0 Å². The van der Waals surface area contributed by atoms with Crippen LogP contribution in [0.2, 0.25) is 0 Å². The fraction of sp³-hybridized carbons (Fsp3) is 0.533. The number of amides is 1. The summed E-state index contributed by atoms with van der Waals surface area (Å²) >= 11 is 0. The van der Waals surface area contributed by atoms with E-state index < -0.39 is 0 Å². The van der Waals surface area contributed by atoms with E-state index in [0.29, 0.717) is 32.1 Å². The maximum absolute atomic E-state index is 11.9. The number of rotatable bonds is 5. The molecule has 1 heterocycles. The van der Waals surface area contributed by atoms with Crippen molar-refractivity contribution in [3.05, 3.63) is 29.8 Å². The number of benzene rings is 1. The average Bonchev–Trinajstić information content (AvgIpc) is 2.53. The van der Waals surface area contributed by atoms with Gasteiger partial charge in [0.05, 0.1) is 13.2 Å². The van der Waals surface area contributed by atoms with Gasteiger partial charge in [0, 0.05) is 19.1 Å². The summed E-state index contributed by atoms with van der Waals surface area (Å²) < 4.78 is 10.7. The molecule has 0 saturated carbocycles. The molecular formula is C15H22N2O3. The second kappa shape index (κ2) is 7.26. The van der Waals surface area contributed by atoms with Crippen LogP contribution in [0.5, 0.6) is 5.75 Å². The summed E-state index contributed by atoms with van der Waals surface area (Å²) in [4.78, 5) is 13.7. The number of hydrogen-bond donors (Lipinski definition) is 1. The van der Waals surface area contributed by atoms with E-state index in [1.807, 2.05) is 24.3 Å². The van der Waals surface area contributed by atoms with Gasteiger partial charge in [0.2, 0.25) is 0 Å². The number of carbonyl (C=O) groups is 1. The molecule has 0 aliphatic carbocycles. The highest BCUT2D eigenvalue weighted by molar-refractivity contribution is 5.77. The predicted molar refractivity (Wildman–Crippen MR) is 76.6 cm³/mol. The molecule has 5 heteroatoms. The maximum atomic E-state index is 11.9. The van der Waals surface area contributed by atoms with Gasteiger partial charge in [-0.2, -0.15) is 0 Å². The molecule has 1 atom stereocenters. The van der Waals surface area contributed by atoms with Gasteiger partial charge in [0.1, 0.15) is 5.75 Å². The van der Waals surface area contributed by atoms with E-state index in [9.17, 15) is 4.79 Å². The molecule has 1 aromatic carbocycles. The van der Waals surface area contributed by atoms with Crippen LogP contribution in [0.25, 0.3) is 0 Å². The lowest BCUT2D eigenvalue weighted by molar-refractivity contribution is -0.137. The zero-order valence-electron chi connectivity index (χ0n) is 11.9. The summed E-state index contributed by atoms with van der Waals surface area (Å²) in [5, 5.41) is 0. The molecule has 5 nitrogen and oxygen atoms in total. The summed E-state index contributed by atoms with van der Waals surface area (Å²) in [7, 11) is 0. The topological polar surface area (TPSA) is 64.8 Å². The van der Waals surface area contributed by atoms with Crippen molar-refractivity contribution < 1.29 is 14.3 Å². The van der Waals surface area contributed by atoms with Crippen LogP contribution in [0.4, 0.5) is 0 Å². The van der Waals surface area contributed by atoms with Crippen molar-refractivity contribution in [3.8, 4) is 5.75 Å². The second-order valence-corrected chi connectivity index (χ2v) is 4.87. The Morgan fingerprint density at radius 3 is 2.60 bits per heavy atom. The third kappa shape index (κ3) is 3.95. The van der Waals surface area contributed by atoms with Gasteiger partial charge in [-0.05, 0) is 24.1 Å². The minimum Gasteiger partial charge on any atom is -0.484 e. The molecule has 1 aliphatic heterocycles. The van der Waals surface area contributed by atoms with Crippen LogP contribution in [0.15, 0.2) is 24.3 Å². The van der Waals surface area contributed by atoms with E-state index in [1.54, 1.807) is 4.90 Å². The molecule has 1 fully saturated rings. The first-order valence-corrected chi connectivity index (χ1v) is 7.04. The largest absolute Gasteiger partial charge is 0.484 e. The number of nitrogens with two attached hydrogens (primary N) is 1. The first-order chi connectivity index (χ1) is 9.70. The maximum Gasteiger partial charge on any atom is 0.260 e. The molecule has 1 aromatic rings. The summed E-state index contributed by atoms with van der Waals surface area (Å²) in [5.41, 5.74) is 7.03. The standard InChI is InChI=1S/C15H22N2O3/c1-2-14(16)12-3-5-13(6-4-12)20-11-15(18)17-7-9-19-10-8-17/h3-6,14H,2,7-11,16H2,1H3/t14-/m1/s1. The van der Waals surface area contributed by atoms with E-state index in [-0.39, 0.29) is 18.6 Å². The second-order valence-electron chi connectivity index (χ2n) is 4.87. The fourth-order valence-corrected chi connectivity index (χ4v) is 2.10. The van der Waals surface area contributed by atoms with Gasteiger partial charge < -0.3 is 20.1 Å². The molecule has 2 rings (SSSR count). The lowest BCUT2D eigenvalue weighted by Gasteiger charge is -2.26. The Kier molecular flexibility index (Phi) is 5.38. The van der Waals surface area contributed by atoms with Crippen LogP contribution in [0, 0.1) is 0 Å². The smallest absolute Gasteiger partial charge is 0.260 e. The van der Waals surface area contributed by atoms with Gasteiger partial charge in [-0.1, -0.05) is 19.1 Å². The monoisotopic (exact) mass is 278 g/mol. The molecule has 0 spiro atoms. The first-order valence-electron chi connectivity index (χ1n) is 7.04. The van der Waals surface area contributed by atoms with E-state index in [1.165, 1.54) is 0 Å². The Bertz CT molecular complexity index is 427. The van der Waals surface area contributed by atoms with Crippen molar-refractivity contribution in [1.82, 2.24) is 4.90 Å². The van der Waals surface area contributed by atoms with Gasteiger partial charge in [0.25, 0.3) is 5.91 Å². The average molecular weight is 278 g/mol. The van der Waals surface area contributed by atoms with Crippen LogP contribution in [0.1, 0.15) is 24.9 Å². The Balaban J connectivity index is 1.82. The van der Waals surface area contributed by atoms with Crippen molar-refractivity contribution >= 4 is 5.91 Å². The lowest BCUT2D eigenvalue weighted by Crippen LogP contribution is -2.42. The van der Waals surface area contributed by atoms with Crippen LogP contribution >= 0.6 is 0 Å². The Labute approximate surface area is 119 Å². The number of morpholine rings is 1. The molecule has 20 heavy (non-hydrogen) atoms. The van der Waals surface area contributed by atoms with Gasteiger partial charge in [-0.15, -0.1) is 0 Å². The highest BCUT2D eigenvalue weighted by Gasteiger charge is 2.17. The summed E-state index contributed by atoms with van der Waals surface area (Å²) in [5.74, 6) is 0.696. The first kappa shape index (κ1) is 14.8. The van der Waals surface area contributed by atoms with Crippen LogP contribution in [-0.2, 0) is 9.53 Å². The molecule has 1 amide bonds. The van der Waals surface area contributed by atoms with Crippen molar-refractivity contribution in [2.75, 3.05) is 32.9 Å². The number of nitrogens with zero attached hydrogens (tertiary/aromatic N) is 1. The van der Waals surface area contributed by atoms with Crippen LogP contribution < -0.4 is 10.5 Å². The van der Waals surface area contributed by atoms with Crippen LogP contribution in [-0.4, -0.2) is 43.7 Å². The molecule has 0 unspecified atom stereocenters. The minimum atomic E-state index is 0.00244. The van der Waals surface area contributed by atoms with Crippen molar-refractivity contribution in [3.63, 3.8) is 0 Å². The van der Waals surface area contributed by atoms with E-state index in [2.05, 4.69) is 6.92 Å². The molecule has 110 valence electrons. The molecule has 1 saturated heterocycles. The molecule has 0 aromatic heterocycles. The zero-order chi connectivity index (χ0) is 14.4. The van der Waals surface area contributed by atoms with E-state index in [4.69, 9.17) is 15.2 Å². The van der Waals surface area contributed by atoms with Crippen molar-refractivity contribution in [2.45, 2.75) is 19.4 Å². The number of carbonyl (C=O) groups excluding carboxylic acids is 1. The summed E-state index contributed by atoms with van der Waals surface area (Å²) in [6, 6.07) is 7.67. The minimum absolute atomic E-state index is 0.00244. The molecule has 0 bridgehead atoms. The number of ether oxygens (including phenoxy) is 2. The summed E-state index contributed by atoms with van der Waals surface area (Å²) in [6.45, 7) is 4.62. The molecule has 2 N–H and O–H groups in total. The molecule has 1 aliphatic rings. The quantitative estimate of drug-likeness (QED) is 0.882. The SMILES string of the molecule is CC[C@@H](N)c1ccc(OCC(=O)N2CCOCC2)cc1. The van der Waals surface area contributed by atoms with Crippen LogP contribution in [0.3, 0.4) is 0 Å².